The Morgan fingerprint density at radius 3 is 2.48 bits per heavy atom. The molecule has 6 nitrogen and oxygen atoms in total. The smallest absolute Gasteiger partial charge is 0.290 e. The van der Waals surface area contributed by atoms with Gasteiger partial charge in [-0.3, -0.25) is 14.5 Å². The van der Waals surface area contributed by atoms with Gasteiger partial charge in [-0.05, 0) is 43.0 Å². The average Bonchev–Trinajstić information content (AvgIpc) is 2.70. The quantitative estimate of drug-likeness (QED) is 0.728. The van der Waals surface area contributed by atoms with E-state index in [0.29, 0.717) is 26.2 Å². The lowest BCUT2D eigenvalue weighted by Gasteiger charge is -2.34. The van der Waals surface area contributed by atoms with E-state index < -0.39 is 5.76 Å². The van der Waals surface area contributed by atoms with E-state index >= 15 is 0 Å². The molecule has 2 heterocycles. The van der Waals surface area contributed by atoms with Crippen molar-refractivity contribution in [3.8, 4) is 0 Å². The summed E-state index contributed by atoms with van der Waals surface area (Å²) in [7, 11) is 0. The largest absolute Gasteiger partial charge is 0.336 e. The highest BCUT2D eigenvalue weighted by Gasteiger charge is 2.26. The van der Waals surface area contributed by atoms with Crippen molar-refractivity contribution in [3.63, 3.8) is 0 Å². The lowest BCUT2D eigenvalue weighted by Crippen LogP contribution is -2.50. The summed E-state index contributed by atoms with van der Waals surface area (Å²) in [5.41, 5.74) is 2.05. The van der Waals surface area contributed by atoms with E-state index in [4.69, 9.17) is 0 Å². The normalized spacial score (nSPS) is 14.8. The summed E-state index contributed by atoms with van der Waals surface area (Å²) in [5, 5.41) is 2.89. The van der Waals surface area contributed by atoms with Crippen molar-refractivity contribution in [2.75, 3.05) is 38.0 Å². The topological polar surface area (TPSA) is 65.5 Å². The van der Waals surface area contributed by atoms with E-state index in [0.717, 1.165) is 11.3 Å². The Kier molecular flexibility index (Phi) is 7.16. The molecule has 1 aromatic carbocycles. The van der Waals surface area contributed by atoms with Gasteiger partial charge in [0.25, 0.3) is 11.7 Å². The number of anilines is 1. The minimum absolute atomic E-state index is 0.0346. The molecule has 0 atom stereocenters. The number of halogens is 2. The first kappa shape index (κ1) is 21.2. The maximum Gasteiger partial charge on any atom is 0.290 e. The number of aryl methyl sites for hydroxylation is 1. The number of nitrogens with zero attached hydrogens (tertiary/aromatic N) is 3. The number of benzene rings is 1. The minimum Gasteiger partial charge on any atom is -0.336 e. The highest BCUT2D eigenvalue weighted by Crippen LogP contribution is 2.27. The van der Waals surface area contributed by atoms with Gasteiger partial charge in [0.15, 0.2) is 0 Å². The number of carbonyl (C=O) groups is 2. The van der Waals surface area contributed by atoms with Gasteiger partial charge in [0.2, 0.25) is 5.91 Å². The molecule has 154 valence electrons. The van der Waals surface area contributed by atoms with E-state index in [9.17, 15) is 18.4 Å². The second-order valence-electron chi connectivity index (χ2n) is 6.72. The predicted molar refractivity (Wildman–Crippen MR) is 108 cm³/mol. The summed E-state index contributed by atoms with van der Waals surface area (Å²) in [6, 6.07) is 10.6. The van der Waals surface area contributed by atoms with Gasteiger partial charge >= 0.3 is 0 Å². The number of amides is 2. The molecule has 3 rings (SSSR count). The predicted octanol–water partition coefficient (Wildman–Crippen LogP) is 3.10. The van der Waals surface area contributed by atoms with E-state index in [2.05, 4.69) is 10.3 Å². The molecular formula is C20H22F2N4O2S. The maximum atomic E-state index is 12.7. The van der Waals surface area contributed by atoms with Crippen LogP contribution in [0, 0.1) is 6.92 Å². The summed E-state index contributed by atoms with van der Waals surface area (Å²) < 4.78 is 25.4. The molecule has 0 bridgehead atoms. The van der Waals surface area contributed by atoms with E-state index in [1.165, 1.54) is 12.3 Å². The molecule has 0 radical (unpaired) electrons. The summed E-state index contributed by atoms with van der Waals surface area (Å²) in [4.78, 5) is 32.4. The number of thioether (sulfide) groups is 1. The molecule has 2 amide bonds. The second kappa shape index (κ2) is 9.80. The van der Waals surface area contributed by atoms with Crippen LogP contribution in [0.4, 0.5) is 14.5 Å². The molecule has 0 saturated carbocycles. The molecule has 0 spiro atoms. The highest BCUT2D eigenvalue weighted by molar-refractivity contribution is 7.99. The third kappa shape index (κ3) is 5.98. The lowest BCUT2D eigenvalue weighted by atomic mass is 10.2. The fourth-order valence-electron chi connectivity index (χ4n) is 3.05. The Labute approximate surface area is 172 Å². The van der Waals surface area contributed by atoms with Gasteiger partial charge in [0, 0.05) is 38.1 Å². The van der Waals surface area contributed by atoms with Crippen LogP contribution in [0.5, 0.6) is 0 Å². The molecule has 9 heteroatoms. The van der Waals surface area contributed by atoms with Gasteiger partial charge in [-0.2, -0.15) is 8.78 Å². The minimum atomic E-state index is -2.64. The zero-order valence-corrected chi connectivity index (χ0v) is 16.8. The Balaban J connectivity index is 1.52. The van der Waals surface area contributed by atoms with E-state index in [1.807, 2.05) is 36.1 Å². The first-order chi connectivity index (χ1) is 13.9. The molecule has 1 fully saturated rings. The van der Waals surface area contributed by atoms with Crippen LogP contribution < -0.4 is 5.32 Å². The third-order valence-electron chi connectivity index (χ3n) is 4.56. The molecular weight excluding hydrogens is 398 g/mol. The molecule has 1 aliphatic rings. The molecule has 29 heavy (non-hydrogen) atoms. The van der Waals surface area contributed by atoms with Crippen molar-refractivity contribution in [2.45, 2.75) is 17.7 Å². The van der Waals surface area contributed by atoms with Crippen molar-refractivity contribution in [1.82, 2.24) is 14.8 Å². The fourth-order valence-corrected chi connectivity index (χ4v) is 3.62. The van der Waals surface area contributed by atoms with Crippen LogP contribution in [0.25, 0.3) is 0 Å². The van der Waals surface area contributed by atoms with E-state index in [1.54, 1.807) is 11.0 Å². The number of hydrogen-bond acceptors (Lipinski definition) is 5. The van der Waals surface area contributed by atoms with Crippen LogP contribution in [0.2, 0.25) is 0 Å². The van der Waals surface area contributed by atoms with Gasteiger partial charge < -0.3 is 10.2 Å². The Bertz CT molecular complexity index is 856. The fraction of sp³-hybridized carbons (Fsp3) is 0.350. The number of nitrogens with one attached hydrogen (secondary N) is 1. The number of rotatable bonds is 6. The van der Waals surface area contributed by atoms with Crippen molar-refractivity contribution < 1.29 is 18.4 Å². The molecule has 1 N–H and O–H groups in total. The highest BCUT2D eigenvalue weighted by atomic mass is 32.2. The lowest BCUT2D eigenvalue weighted by molar-refractivity contribution is -0.117. The van der Waals surface area contributed by atoms with Gasteiger partial charge in [-0.25, -0.2) is 4.98 Å². The SMILES string of the molecule is Cc1ccc(NC(=O)CN2CCN(C(=O)c3cccnc3SC(F)F)CC2)cc1. The van der Waals surface area contributed by atoms with Gasteiger partial charge in [0.05, 0.1) is 12.1 Å². The van der Waals surface area contributed by atoms with Crippen molar-refractivity contribution >= 4 is 29.3 Å². The molecule has 0 aliphatic carbocycles. The Hall–Kier alpha value is -2.52. The van der Waals surface area contributed by atoms with Gasteiger partial charge in [-0.1, -0.05) is 17.7 Å². The van der Waals surface area contributed by atoms with Crippen molar-refractivity contribution in [2.24, 2.45) is 0 Å². The van der Waals surface area contributed by atoms with Crippen LogP contribution in [-0.4, -0.2) is 65.1 Å². The van der Waals surface area contributed by atoms with Gasteiger partial charge in [0.1, 0.15) is 5.03 Å². The first-order valence-electron chi connectivity index (χ1n) is 9.20. The van der Waals surface area contributed by atoms with Crippen molar-refractivity contribution in [3.05, 3.63) is 53.7 Å². The Morgan fingerprint density at radius 2 is 1.83 bits per heavy atom. The number of aromatic nitrogens is 1. The van der Waals surface area contributed by atoms with Gasteiger partial charge in [-0.15, -0.1) is 0 Å². The average molecular weight is 420 g/mol. The number of alkyl halides is 2. The Morgan fingerprint density at radius 1 is 1.14 bits per heavy atom. The summed E-state index contributed by atoms with van der Waals surface area (Å²) in [6.07, 6.45) is 1.39. The van der Waals surface area contributed by atoms with Crippen LogP contribution in [-0.2, 0) is 4.79 Å². The van der Waals surface area contributed by atoms with E-state index in [-0.39, 0.29) is 40.7 Å². The number of pyridine rings is 1. The number of carbonyl (C=O) groups excluding carboxylic acids is 2. The molecule has 1 aliphatic heterocycles. The molecule has 1 saturated heterocycles. The standard InChI is InChI=1S/C20H22F2N4O2S/c1-14-4-6-15(7-5-14)24-17(27)13-25-9-11-26(12-10-25)19(28)16-3-2-8-23-18(16)29-20(21)22/h2-8,20H,9-13H2,1H3,(H,24,27). The van der Waals surface area contributed by atoms with Crippen LogP contribution in [0.1, 0.15) is 15.9 Å². The molecule has 0 unspecified atom stereocenters. The zero-order valence-electron chi connectivity index (χ0n) is 16.0. The number of piperazine rings is 1. The summed E-state index contributed by atoms with van der Waals surface area (Å²) in [6.45, 7) is 4.12. The van der Waals surface area contributed by atoms with Crippen molar-refractivity contribution in [1.29, 1.82) is 0 Å². The third-order valence-corrected chi connectivity index (χ3v) is 5.29. The first-order valence-corrected chi connectivity index (χ1v) is 10.1. The summed E-state index contributed by atoms with van der Waals surface area (Å²) in [5.74, 6) is -3.07. The zero-order chi connectivity index (χ0) is 20.8. The monoisotopic (exact) mass is 420 g/mol. The molecule has 1 aromatic heterocycles. The van der Waals surface area contributed by atoms with Crippen LogP contribution in [0.15, 0.2) is 47.6 Å². The van der Waals surface area contributed by atoms with Crippen LogP contribution >= 0.6 is 11.8 Å². The summed E-state index contributed by atoms with van der Waals surface area (Å²) >= 11 is 0.273. The second-order valence-corrected chi connectivity index (χ2v) is 7.70. The molecule has 2 aromatic rings. The van der Waals surface area contributed by atoms with Crippen LogP contribution in [0.3, 0.4) is 0 Å². The number of hydrogen-bond donors (Lipinski definition) is 1. The maximum absolute atomic E-state index is 12.7.